The summed E-state index contributed by atoms with van der Waals surface area (Å²) in [6.45, 7) is 1.54. The van der Waals surface area contributed by atoms with E-state index in [0.29, 0.717) is 12.5 Å². The molecule has 23 heavy (non-hydrogen) atoms. The van der Waals surface area contributed by atoms with Crippen LogP contribution in [-0.2, 0) is 11.2 Å². The van der Waals surface area contributed by atoms with Crippen LogP contribution in [0.3, 0.4) is 0 Å². The predicted octanol–water partition coefficient (Wildman–Crippen LogP) is 2.35. The summed E-state index contributed by atoms with van der Waals surface area (Å²) in [5, 5.41) is 3.43. The molecular formula is C18H21N3O2. The Morgan fingerprint density at radius 1 is 1.35 bits per heavy atom. The lowest BCUT2D eigenvalue weighted by Gasteiger charge is -2.17. The van der Waals surface area contributed by atoms with Crippen molar-refractivity contribution in [2.45, 2.75) is 18.9 Å². The van der Waals surface area contributed by atoms with Crippen molar-refractivity contribution >= 4 is 11.6 Å². The zero-order valence-electron chi connectivity index (χ0n) is 13.2. The van der Waals surface area contributed by atoms with Gasteiger partial charge in [-0.25, -0.2) is 0 Å². The molecule has 5 nitrogen and oxygen atoms in total. The minimum Gasteiger partial charge on any atom is -0.497 e. The topological polar surface area (TPSA) is 54.5 Å². The number of rotatable bonds is 5. The standard InChI is InChI=1S/C18H21N3O2/c1-23-17-6-4-14(5-7-17)11-18(22)21-10-8-16(13-21)20-15-3-2-9-19-12-15/h2-7,9,12,16,20H,8,10-11,13H2,1H3/t16-/m0/s1. The fourth-order valence-corrected chi connectivity index (χ4v) is 2.82. The molecule has 1 atom stereocenters. The quantitative estimate of drug-likeness (QED) is 0.921. The molecule has 5 heteroatoms. The van der Waals surface area contributed by atoms with E-state index in [4.69, 9.17) is 4.74 Å². The zero-order chi connectivity index (χ0) is 16.1. The Balaban J connectivity index is 1.52. The number of ether oxygens (including phenoxy) is 1. The molecule has 3 rings (SSSR count). The van der Waals surface area contributed by atoms with Crippen molar-refractivity contribution in [3.05, 3.63) is 54.4 Å². The first-order valence-electron chi connectivity index (χ1n) is 7.82. The first-order chi connectivity index (χ1) is 11.2. The summed E-state index contributed by atoms with van der Waals surface area (Å²) in [7, 11) is 1.64. The first kappa shape index (κ1) is 15.3. The summed E-state index contributed by atoms with van der Waals surface area (Å²) in [4.78, 5) is 18.4. The van der Waals surface area contributed by atoms with Crippen LogP contribution in [0.1, 0.15) is 12.0 Å². The molecule has 1 aliphatic heterocycles. The van der Waals surface area contributed by atoms with Crippen molar-refractivity contribution in [3.8, 4) is 5.75 Å². The van der Waals surface area contributed by atoms with Gasteiger partial charge in [0.2, 0.25) is 5.91 Å². The monoisotopic (exact) mass is 311 g/mol. The summed E-state index contributed by atoms with van der Waals surface area (Å²) in [5.41, 5.74) is 2.02. The molecule has 0 unspecified atom stereocenters. The Morgan fingerprint density at radius 3 is 2.87 bits per heavy atom. The third kappa shape index (κ3) is 4.00. The lowest BCUT2D eigenvalue weighted by molar-refractivity contribution is -0.129. The van der Waals surface area contributed by atoms with Crippen molar-refractivity contribution in [2.75, 3.05) is 25.5 Å². The molecule has 1 aromatic carbocycles. The fraction of sp³-hybridized carbons (Fsp3) is 0.333. The molecule has 1 amide bonds. The van der Waals surface area contributed by atoms with Crippen LogP contribution in [0, 0.1) is 0 Å². The van der Waals surface area contributed by atoms with Gasteiger partial charge in [0.1, 0.15) is 5.75 Å². The number of hydrogen-bond donors (Lipinski definition) is 1. The maximum Gasteiger partial charge on any atom is 0.227 e. The number of nitrogens with zero attached hydrogens (tertiary/aromatic N) is 2. The molecule has 0 bridgehead atoms. The molecule has 1 aromatic heterocycles. The number of aromatic nitrogens is 1. The second kappa shape index (κ2) is 7.13. The van der Waals surface area contributed by atoms with Gasteiger partial charge < -0.3 is 15.0 Å². The number of anilines is 1. The molecular weight excluding hydrogens is 290 g/mol. The smallest absolute Gasteiger partial charge is 0.227 e. The SMILES string of the molecule is COc1ccc(CC(=O)N2CC[C@H](Nc3cccnc3)C2)cc1. The van der Waals surface area contributed by atoms with Crippen molar-refractivity contribution in [3.63, 3.8) is 0 Å². The molecule has 1 fully saturated rings. The summed E-state index contributed by atoms with van der Waals surface area (Å²) < 4.78 is 5.14. The number of carbonyl (C=O) groups is 1. The second-order valence-electron chi connectivity index (χ2n) is 5.74. The van der Waals surface area contributed by atoms with Crippen LogP contribution in [0.2, 0.25) is 0 Å². The number of carbonyl (C=O) groups excluding carboxylic acids is 1. The van der Waals surface area contributed by atoms with E-state index >= 15 is 0 Å². The number of methoxy groups -OCH3 is 1. The van der Waals surface area contributed by atoms with E-state index in [9.17, 15) is 4.79 Å². The second-order valence-corrected chi connectivity index (χ2v) is 5.74. The number of likely N-dealkylation sites (tertiary alicyclic amines) is 1. The molecule has 0 saturated carbocycles. The molecule has 2 heterocycles. The third-order valence-electron chi connectivity index (χ3n) is 4.09. The Hall–Kier alpha value is -2.56. The molecule has 0 aliphatic carbocycles. The van der Waals surface area contributed by atoms with E-state index in [1.54, 1.807) is 13.3 Å². The van der Waals surface area contributed by atoms with Gasteiger partial charge in [0.25, 0.3) is 0 Å². The summed E-state index contributed by atoms with van der Waals surface area (Å²) in [5.74, 6) is 0.980. The average Bonchev–Trinajstić information content (AvgIpc) is 3.05. The van der Waals surface area contributed by atoms with Gasteiger partial charge in [-0.15, -0.1) is 0 Å². The van der Waals surface area contributed by atoms with Gasteiger partial charge in [0, 0.05) is 31.5 Å². The van der Waals surface area contributed by atoms with E-state index in [2.05, 4.69) is 10.3 Å². The predicted molar refractivity (Wildman–Crippen MR) is 89.5 cm³/mol. The van der Waals surface area contributed by atoms with Crippen LogP contribution in [0.15, 0.2) is 48.8 Å². The van der Waals surface area contributed by atoms with Crippen molar-refractivity contribution in [1.29, 1.82) is 0 Å². The molecule has 0 spiro atoms. The van der Waals surface area contributed by atoms with Gasteiger partial charge in [-0.05, 0) is 36.2 Å². The van der Waals surface area contributed by atoms with Crippen LogP contribution in [0.5, 0.6) is 5.75 Å². The molecule has 1 aliphatic rings. The average molecular weight is 311 g/mol. The molecule has 120 valence electrons. The third-order valence-corrected chi connectivity index (χ3v) is 4.09. The van der Waals surface area contributed by atoms with Crippen LogP contribution in [-0.4, -0.2) is 42.0 Å². The highest BCUT2D eigenvalue weighted by Crippen LogP contribution is 2.17. The maximum atomic E-state index is 12.4. The lowest BCUT2D eigenvalue weighted by atomic mass is 10.1. The van der Waals surface area contributed by atoms with Crippen molar-refractivity contribution in [2.24, 2.45) is 0 Å². The minimum atomic E-state index is 0.172. The van der Waals surface area contributed by atoms with Gasteiger partial charge in [-0.2, -0.15) is 0 Å². The number of pyridine rings is 1. The Labute approximate surface area is 136 Å². The highest BCUT2D eigenvalue weighted by Gasteiger charge is 2.26. The molecule has 1 N–H and O–H groups in total. The Bertz CT molecular complexity index is 643. The van der Waals surface area contributed by atoms with Gasteiger partial charge >= 0.3 is 0 Å². The summed E-state index contributed by atoms with van der Waals surface area (Å²) in [6.07, 6.45) is 4.96. The highest BCUT2D eigenvalue weighted by atomic mass is 16.5. The first-order valence-corrected chi connectivity index (χ1v) is 7.82. The largest absolute Gasteiger partial charge is 0.497 e. The zero-order valence-corrected chi connectivity index (χ0v) is 13.2. The Morgan fingerprint density at radius 2 is 2.17 bits per heavy atom. The highest BCUT2D eigenvalue weighted by molar-refractivity contribution is 5.79. The number of nitrogens with one attached hydrogen (secondary N) is 1. The van der Waals surface area contributed by atoms with Crippen LogP contribution < -0.4 is 10.1 Å². The van der Waals surface area contributed by atoms with Crippen molar-refractivity contribution in [1.82, 2.24) is 9.88 Å². The van der Waals surface area contributed by atoms with E-state index in [0.717, 1.165) is 36.5 Å². The maximum absolute atomic E-state index is 12.4. The summed E-state index contributed by atoms with van der Waals surface area (Å²) in [6, 6.07) is 11.9. The van der Waals surface area contributed by atoms with Gasteiger partial charge in [0.05, 0.1) is 19.2 Å². The van der Waals surface area contributed by atoms with E-state index in [1.807, 2.05) is 47.5 Å². The number of hydrogen-bond acceptors (Lipinski definition) is 4. The number of benzene rings is 1. The van der Waals surface area contributed by atoms with E-state index in [-0.39, 0.29) is 5.91 Å². The van der Waals surface area contributed by atoms with Gasteiger partial charge in [-0.1, -0.05) is 12.1 Å². The molecule has 2 aromatic rings. The van der Waals surface area contributed by atoms with E-state index < -0.39 is 0 Å². The van der Waals surface area contributed by atoms with Gasteiger partial charge in [-0.3, -0.25) is 9.78 Å². The fourth-order valence-electron chi connectivity index (χ4n) is 2.82. The number of amides is 1. The van der Waals surface area contributed by atoms with Gasteiger partial charge in [0.15, 0.2) is 0 Å². The summed E-state index contributed by atoms with van der Waals surface area (Å²) >= 11 is 0. The van der Waals surface area contributed by atoms with Crippen LogP contribution >= 0.6 is 0 Å². The lowest BCUT2D eigenvalue weighted by Crippen LogP contribution is -2.32. The van der Waals surface area contributed by atoms with Crippen LogP contribution in [0.4, 0.5) is 5.69 Å². The molecule has 0 radical (unpaired) electrons. The van der Waals surface area contributed by atoms with E-state index in [1.165, 1.54) is 0 Å². The normalized spacial score (nSPS) is 17.1. The minimum absolute atomic E-state index is 0.172. The van der Waals surface area contributed by atoms with Crippen molar-refractivity contribution < 1.29 is 9.53 Å². The molecule has 1 saturated heterocycles. The van der Waals surface area contributed by atoms with Crippen LogP contribution in [0.25, 0.3) is 0 Å². The Kier molecular flexibility index (Phi) is 4.76.